The third-order valence-corrected chi connectivity index (χ3v) is 15.7. The van der Waals surface area contributed by atoms with Gasteiger partial charge < -0.3 is 175 Å². The van der Waals surface area contributed by atoms with Crippen molar-refractivity contribution in [1.82, 2.24) is 16.0 Å². The van der Waals surface area contributed by atoms with Gasteiger partial charge in [-0.1, -0.05) is 0 Å². The van der Waals surface area contributed by atoms with E-state index in [0.717, 1.165) is 20.8 Å². The lowest BCUT2D eigenvalue weighted by molar-refractivity contribution is -0.397. The number of hydrogen-bond acceptors (Lipinski definition) is 35. The number of hydrogen-bond donors (Lipinski definition) is 22. The highest BCUT2D eigenvalue weighted by Gasteiger charge is 2.59. The summed E-state index contributed by atoms with van der Waals surface area (Å²) >= 11 is 0. The second kappa shape index (κ2) is 30.5. The molecule has 498 valence electrons. The van der Waals surface area contributed by atoms with Crippen molar-refractivity contribution in [3.8, 4) is 0 Å². The van der Waals surface area contributed by atoms with E-state index in [0.29, 0.717) is 0 Å². The summed E-state index contributed by atoms with van der Waals surface area (Å²) in [6.45, 7) is -1.69. The fourth-order valence-electron chi connectivity index (χ4n) is 11.0. The Morgan fingerprint density at radius 3 is 1.29 bits per heavy atom. The Kier molecular flexibility index (Phi) is 25.0. The SMILES string of the molecule is CC(=O)N[C@@H]1[C@@H](O)[C@H](O[C@@H]2O[C@H](CO)[C@@H](O[C@@H]3O[C@H](CO[C@H]4O[C@H](CO)[C@@H](O)[C@H](O)[C@@H]4O)[C@@H](O)[C@H](O[C@H]4O[C@H](CO)[C@@H](O)[C@H](O)[C@@H]4O[C@@H]4O[C@H](CO)[C@@H](O)[C@H](O[C@@H]5O[C@@H](C)[C@@H](O)[C@@H](O)[C@@H]5O)[C@H]4NC(C)=O)[C@@H]3O)[C@H](O)[C@H]2NC(C)=O)[C@@H](CO)O[C@H]1O. The summed E-state index contributed by atoms with van der Waals surface area (Å²) in [5.41, 5.74) is 0. The Morgan fingerprint density at radius 2 is 0.709 bits per heavy atom. The Labute approximate surface area is 488 Å². The number of carbonyl (C=O) groups is 3. The predicted molar refractivity (Wildman–Crippen MR) is 265 cm³/mol. The van der Waals surface area contributed by atoms with Crippen LogP contribution in [0.2, 0.25) is 0 Å². The average molecular weight is 1260 g/mol. The van der Waals surface area contributed by atoms with Crippen LogP contribution in [0.1, 0.15) is 27.7 Å². The molecule has 3 amide bonds. The molecule has 22 N–H and O–H groups in total. The summed E-state index contributed by atoms with van der Waals surface area (Å²) in [5.74, 6) is -2.48. The van der Waals surface area contributed by atoms with Crippen LogP contribution in [0.4, 0.5) is 0 Å². The molecule has 86 heavy (non-hydrogen) atoms. The molecule has 0 radical (unpaired) electrons. The molecule has 0 aliphatic carbocycles. The summed E-state index contributed by atoms with van der Waals surface area (Å²) in [6.07, 6.45) is -62.2. The number of rotatable bonds is 21. The summed E-state index contributed by atoms with van der Waals surface area (Å²) in [7, 11) is 0. The fourth-order valence-corrected chi connectivity index (χ4v) is 11.0. The smallest absolute Gasteiger partial charge is 0.217 e. The first-order valence-electron chi connectivity index (χ1n) is 27.5. The molecule has 35 atom stereocenters. The first kappa shape index (κ1) is 70.6. The number of carbonyl (C=O) groups excluding carboxylic acids is 3. The molecule has 0 aromatic rings. The maximum atomic E-state index is 12.8. The summed E-state index contributed by atoms with van der Waals surface area (Å²) in [6, 6.07) is -5.17. The van der Waals surface area contributed by atoms with Gasteiger partial charge in [0.15, 0.2) is 44.0 Å². The molecule has 38 heteroatoms. The minimum Gasteiger partial charge on any atom is -0.394 e. The molecule has 0 bridgehead atoms. The Hall–Kier alpha value is -2.87. The van der Waals surface area contributed by atoms with E-state index in [2.05, 4.69) is 16.0 Å². The largest absolute Gasteiger partial charge is 0.394 e. The maximum Gasteiger partial charge on any atom is 0.217 e. The van der Waals surface area contributed by atoms with Crippen LogP contribution in [0.3, 0.4) is 0 Å². The Balaban J connectivity index is 1.21. The second-order valence-corrected chi connectivity index (χ2v) is 21.8. The van der Waals surface area contributed by atoms with Gasteiger partial charge in [0.1, 0.15) is 165 Å². The van der Waals surface area contributed by atoms with Crippen molar-refractivity contribution < 1.29 is 173 Å². The van der Waals surface area contributed by atoms with Crippen molar-refractivity contribution in [1.29, 1.82) is 0 Å². The van der Waals surface area contributed by atoms with Gasteiger partial charge in [-0.2, -0.15) is 0 Å². The van der Waals surface area contributed by atoms with E-state index in [4.69, 9.17) is 61.6 Å². The number of nitrogens with one attached hydrogen (secondary N) is 3. The van der Waals surface area contributed by atoms with Gasteiger partial charge >= 0.3 is 0 Å². The van der Waals surface area contributed by atoms with E-state index in [-0.39, 0.29) is 0 Å². The topological polar surface area (TPSA) is 592 Å². The highest BCUT2D eigenvalue weighted by molar-refractivity contribution is 5.74. The van der Waals surface area contributed by atoms with E-state index in [1.165, 1.54) is 6.92 Å². The van der Waals surface area contributed by atoms with Gasteiger partial charge in [0.25, 0.3) is 0 Å². The van der Waals surface area contributed by atoms with Gasteiger partial charge in [-0.25, -0.2) is 0 Å². The molecule has 7 saturated heterocycles. The van der Waals surface area contributed by atoms with Crippen LogP contribution < -0.4 is 16.0 Å². The van der Waals surface area contributed by atoms with Crippen LogP contribution in [0.5, 0.6) is 0 Å². The molecule has 0 aromatic carbocycles. The second-order valence-electron chi connectivity index (χ2n) is 21.8. The lowest BCUT2D eigenvalue weighted by Crippen LogP contribution is -2.71. The zero-order valence-electron chi connectivity index (χ0n) is 46.5. The molecule has 38 nitrogen and oxygen atoms in total. The summed E-state index contributed by atoms with van der Waals surface area (Å²) < 4.78 is 76.0. The highest BCUT2D eigenvalue weighted by Crippen LogP contribution is 2.38. The first-order valence-corrected chi connectivity index (χ1v) is 27.5. The van der Waals surface area contributed by atoms with Crippen LogP contribution in [0.15, 0.2) is 0 Å². The fraction of sp³-hybridized carbons (Fsp3) is 0.938. The summed E-state index contributed by atoms with van der Waals surface area (Å²) in [4.78, 5) is 37.5. The van der Waals surface area contributed by atoms with E-state index in [1.54, 1.807) is 0 Å². The average Bonchev–Trinajstić information content (AvgIpc) is 0.863. The van der Waals surface area contributed by atoms with Gasteiger partial charge in [-0.3, -0.25) is 14.4 Å². The van der Waals surface area contributed by atoms with Gasteiger partial charge in [0.2, 0.25) is 17.7 Å². The molecule has 0 unspecified atom stereocenters. The van der Waals surface area contributed by atoms with Crippen molar-refractivity contribution in [3.63, 3.8) is 0 Å². The molecule has 0 saturated carbocycles. The standard InChI is InChI=1S/C48H81N3O35/c1-11-24(60)31(67)35(71)46(75-11)84-39-23(51-14(4)59)44(77-17(7-54)27(39)63)86-41-33(69)26(62)16(6-53)79-48(41)85-40-28(64)20(10-74-45-34(70)32(68)25(61)15(5-52)78-45)81-47(36(40)72)83-38-19(9-56)80-43(22(30(38)66)50-13(3)58)82-37-18(8-55)76-42(73)21(29(37)65)49-12(2)57/h11,15-48,52-56,60-73H,5-10H2,1-4H3,(H,49,57)(H,50,58)(H,51,59)/t11-,15+,16+,17+,18+,19+,20+,21+,22+,23+,24+,25+,26+,27+,28+,29+,30+,31+,32-,33-,34-,35-,36-,37+,38+,39+,40-,41-,42+,43-,44-,45-,46-,47-,48+/m0/s1. The normalized spacial score (nSPS) is 49.4. The lowest BCUT2D eigenvalue weighted by Gasteiger charge is -2.51. The molecule has 0 spiro atoms. The van der Waals surface area contributed by atoms with Crippen LogP contribution >= 0.6 is 0 Å². The van der Waals surface area contributed by atoms with E-state index in [1.807, 2.05) is 0 Å². The van der Waals surface area contributed by atoms with E-state index in [9.17, 15) is 111 Å². The molecule has 7 aliphatic heterocycles. The third-order valence-electron chi connectivity index (χ3n) is 15.7. The summed E-state index contributed by atoms with van der Waals surface area (Å²) in [5, 5.41) is 215. The molecule has 0 aromatic heterocycles. The number of ether oxygens (including phenoxy) is 13. The van der Waals surface area contributed by atoms with Gasteiger partial charge in [-0.05, 0) is 6.92 Å². The van der Waals surface area contributed by atoms with Crippen molar-refractivity contribution in [2.45, 2.75) is 242 Å². The Morgan fingerprint density at radius 1 is 0.326 bits per heavy atom. The van der Waals surface area contributed by atoms with Crippen molar-refractivity contribution in [3.05, 3.63) is 0 Å². The lowest BCUT2D eigenvalue weighted by atomic mass is 9.93. The van der Waals surface area contributed by atoms with Crippen LogP contribution in [0.25, 0.3) is 0 Å². The number of aliphatic hydroxyl groups is 19. The van der Waals surface area contributed by atoms with Crippen LogP contribution in [-0.2, 0) is 76.0 Å². The zero-order valence-corrected chi connectivity index (χ0v) is 46.5. The Bertz CT molecular complexity index is 2170. The third kappa shape index (κ3) is 15.4. The van der Waals surface area contributed by atoms with Crippen molar-refractivity contribution in [2.75, 3.05) is 39.6 Å². The zero-order chi connectivity index (χ0) is 63.5. The van der Waals surface area contributed by atoms with Crippen molar-refractivity contribution in [2.24, 2.45) is 0 Å². The molecule has 7 fully saturated rings. The highest BCUT2D eigenvalue weighted by atomic mass is 16.8. The first-order chi connectivity index (χ1) is 40.6. The van der Waals surface area contributed by atoms with Crippen molar-refractivity contribution >= 4 is 17.7 Å². The number of aliphatic hydroxyl groups excluding tert-OH is 19. The maximum absolute atomic E-state index is 12.8. The van der Waals surface area contributed by atoms with Gasteiger partial charge in [0, 0.05) is 20.8 Å². The number of amides is 3. The van der Waals surface area contributed by atoms with E-state index >= 15 is 0 Å². The predicted octanol–water partition coefficient (Wildman–Crippen LogP) is -14.8. The monoisotopic (exact) mass is 1260 g/mol. The van der Waals surface area contributed by atoms with Crippen LogP contribution in [0, 0.1) is 0 Å². The van der Waals surface area contributed by atoms with Gasteiger partial charge in [0.05, 0.1) is 45.7 Å². The quantitative estimate of drug-likeness (QED) is 0.0507. The molecule has 7 heterocycles. The van der Waals surface area contributed by atoms with E-state index < -0.39 is 272 Å². The van der Waals surface area contributed by atoms with Gasteiger partial charge in [-0.15, -0.1) is 0 Å². The minimum absolute atomic E-state index is 0.738. The molecular weight excluding hydrogens is 1180 g/mol. The van der Waals surface area contributed by atoms with Crippen LogP contribution in [-0.4, -0.2) is 369 Å². The molecule has 7 aliphatic rings. The molecule has 7 rings (SSSR count). The molecular formula is C48H81N3O35. The minimum atomic E-state index is -2.41.